The number of rotatable bonds is 4. The number of aromatic nitrogens is 2. The van der Waals surface area contributed by atoms with Gasteiger partial charge < -0.3 is 14.6 Å². The van der Waals surface area contributed by atoms with E-state index in [9.17, 15) is 18.0 Å². The number of methoxy groups -OCH3 is 2. The maximum atomic E-state index is 12.5. The summed E-state index contributed by atoms with van der Waals surface area (Å²) in [5.41, 5.74) is -0.664. The standard InChI is InChI=1S/C11H11F3N2O4.Y/c1-19-5-7(9(18)20-2)6-3-15-10(11(12,13)14)16-8(6)4-17;/h3,5,17H,4H2,1-2H3;/b7-5-;. The predicted molar refractivity (Wildman–Crippen MR) is 60.0 cm³/mol. The predicted octanol–water partition coefficient (Wildman–Crippen LogP) is 1.15. The molecule has 113 valence electrons. The molecule has 1 heterocycles. The topological polar surface area (TPSA) is 81.5 Å². The van der Waals surface area contributed by atoms with Gasteiger partial charge in [-0.25, -0.2) is 14.8 Å². The van der Waals surface area contributed by atoms with Gasteiger partial charge in [0, 0.05) is 44.5 Å². The molecular weight excluding hydrogens is 370 g/mol. The minimum Gasteiger partial charge on any atom is -0.503 e. The number of aliphatic hydroxyl groups excluding tert-OH is 1. The summed E-state index contributed by atoms with van der Waals surface area (Å²) in [5, 5.41) is 9.10. The van der Waals surface area contributed by atoms with Crippen LogP contribution in [-0.4, -0.2) is 35.3 Å². The molecule has 21 heavy (non-hydrogen) atoms. The van der Waals surface area contributed by atoms with Gasteiger partial charge >= 0.3 is 12.1 Å². The number of halogens is 3. The van der Waals surface area contributed by atoms with Gasteiger partial charge in [0.25, 0.3) is 0 Å². The first-order chi connectivity index (χ1) is 9.35. The van der Waals surface area contributed by atoms with Crippen LogP contribution in [0.25, 0.3) is 5.57 Å². The van der Waals surface area contributed by atoms with Crippen LogP contribution in [0.15, 0.2) is 12.5 Å². The zero-order chi connectivity index (χ0) is 15.3. The van der Waals surface area contributed by atoms with Gasteiger partial charge in [-0.1, -0.05) is 0 Å². The van der Waals surface area contributed by atoms with Gasteiger partial charge in [-0.15, -0.1) is 0 Å². The molecule has 1 N–H and O–H groups in total. The van der Waals surface area contributed by atoms with E-state index in [1.165, 1.54) is 7.11 Å². The van der Waals surface area contributed by atoms with Crippen LogP contribution in [0.2, 0.25) is 0 Å². The molecule has 0 saturated carbocycles. The second-order valence-electron chi connectivity index (χ2n) is 3.47. The van der Waals surface area contributed by atoms with Crippen LogP contribution in [-0.2, 0) is 59.8 Å². The van der Waals surface area contributed by atoms with Gasteiger partial charge in [0.05, 0.1) is 32.8 Å². The van der Waals surface area contributed by atoms with E-state index in [1.54, 1.807) is 0 Å². The van der Waals surface area contributed by atoms with Crippen molar-refractivity contribution in [2.45, 2.75) is 12.8 Å². The third-order valence-corrected chi connectivity index (χ3v) is 2.20. The van der Waals surface area contributed by atoms with Crippen molar-refractivity contribution in [1.29, 1.82) is 0 Å². The van der Waals surface area contributed by atoms with E-state index in [0.717, 1.165) is 19.6 Å². The molecule has 0 spiro atoms. The molecule has 0 aliphatic carbocycles. The van der Waals surface area contributed by atoms with E-state index in [2.05, 4.69) is 19.4 Å². The summed E-state index contributed by atoms with van der Waals surface area (Å²) in [6, 6.07) is 0. The van der Waals surface area contributed by atoms with Crippen molar-refractivity contribution in [3.05, 3.63) is 29.5 Å². The number of hydrogen-bond donors (Lipinski definition) is 1. The second kappa shape index (κ2) is 8.40. The molecular formula is C11H11F3N2O4Y. The Hall–Kier alpha value is -1.06. The van der Waals surface area contributed by atoms with Crippen molar-refractivity contribution in [1.82, 2.24) is 9.97 Å². The zero-order valence-corrected chi connectivity index (χ0v) is 14.0. The van der Waals surface area contributed by atoms with Crippen LogP contribution in [0.5, 0.6) is 0 Å². The quantitative estimate of drug-likeness (QED) is 0.479. The van der Waals surface area contributed by atoms with Crippen LogP contribution >= 0.6 is 0 Å². The average Bonchev–Trinajstić information content (AvgIpc) is 2.42. The van der Waals surface area contributed by atoms with E-state index in [0.29, 0.717) is 0 Å². The molecule has 1 aromatic heterocycles. The fourth-order valence-electron chi connectivity index (χ4n) is 1.35. The number of hydrogen-bond acceptors (Lipinski definition) is 6. The Morgan fingerprint density at radius 2 is 2.05 bits per heavy atom. The van der Waals surface area contributed by atoms with Crippen molar-refractivity contribution in [3.8, 4) is 0 Å². The van der Waals surface area contributed by atoms with Gasteiger partial charge in [-0.05, 0) is 0 Å². The van der Waals surface area contributed by atoms with Crippen molar-refractivity contribution in [2.24, 2.45) is 0 Å². The van der Waals surface area contributed by atoms with Crippen LogP contribution in [0, 0.1) is 0 Å². The monoisotopic (exact) mass is 381 g/mol. The number of esters is 1. The summed E-state index contributed by atoms with van der Waals surface area (Å²) in [6.45, 7) is -0.807. The van der Waals surface area contributed by atoms with E-state index in [-0.39, 0.29) is 49.5 Å². The van der Waals surface area contributed by atoms with E-state index >= 15 is 0 Å². The third kappa shape index (κ3) is 5.01. The smallest absolute Gasteiger partial charge is 0.451 e. The van der Waals surface area contributed by atoms with Crippen molar-refractivity contribution in [3.63, 3.8) is 0 Å². The van der Waals surface area contributed by atoms with Gasteiger partial charge in [-0.3, -0.25) is 0 Å². The zero-order valence-electron chi connectivity index (χ0n) is 11.1. The minimum absolute atomic E-state index is 0. The summed E-state index contributed by atoms with van der Waals surface area (Å²) in [4.78, 5) is 17.8. The summed E-state index contributed by atoms with van der Waals surface area (Å²) in [6.07, 6.45) is -3.00. The molecule has 1 radical (unpaired) electrons. The summed E-state index contributed by atoms with van der Waals surface area (Å²) < 4.78 is 46.5. The van der Waals surface area contributed by atoms with Crippen LogP contribution in [0.1, 0.15) is 17.1 Å². The summed E-state index contributed by atoms with van der Waals surface area (Å²) in [7, 11) is 2.34. The number of carbonyl (C=O) groups is 1. The van der Waals surface area contributed by atoms with Gasteiger partial charge in [0.1, 0.15) is 5.57 Å². The number of aliphatic hydroxyl groups is 1. The molecule has 10 heteroatoms. The maximum Gasteiger partial charge on any atom is 0.451 e. The molecule has 0 aliphatic heterocycles. The summed E-state index contributed by atoms with van der Waals surface area (Å²) >= 11 is 0. The van der Waals surface area contributed by atoms with E-state index < -0.39 is 24.6 Å². The molecule has 0 aromatic carbocycles. The molecule has 0 amide bonds. The number of nitrogens with zero attached hydrogens (tertiary/aromatic N) is 2. The normalized spacial score (nSPS) is 11.6. The first-order valence-electron chi connectivity index (χ1n) is 5.20. The fraction of sp³-hybridized carbons (Fsp3) is 0.364. The Balaban J connectivity index is 0.00000400. The fourth-order valence-corrected chi connectivity index (χ4v) is 1.35. The second-order valence-corrected chi connectivity index (χ2v) is 3.47. The largest absolute Gasteiger partial charge is 0.503 e. The minimum atomic E-state index is -4.75. The van der Waals surface area contributed by atoms with Gasteiger partial charge in [0.15, 0.2) is 0 Å². The van der Waals surface area contributed by atoms with Crippen LogP contribution < -0.4 is 0 Å². The molecule has 0 atom stereocenters. The first-order valence-corrected chi connectivity index (χ1v) is 5.20. The Morgan fingerprint density at radius 3 is 2.48 bits per heavy atom. The Kier molecular flexibility index (Phi) is 7.98. The van der Waals surface area contributed by atoms with Crippen molar-refractivity contribution >= 4 is 11.5 Å². The van der Waals surface area contributed by atoms with Gasteiger partial charge in [-0.2, -0.15) is 13.2 Å². The van der Waals surface area contributed by atoms with Crippen LogP contribution in [0.3, 0.4) is 0 Å². The number of ether oxygens (including phenoxy) is 2. The van der Waals surface area contributed by atoms with E-state index in [4.69, 9.17) is 5.11 Å². The third-order valence-electron chi connectivity index (χ3n) is 2.20. The summed E-state index contributed by atoms with van der Waals surface area (Å²) in [5.74, 6) is -2.27. The van der Waals surface area contributed by atoms with Crippen LogP contribution in [0.4, 0.5) is 13.2 Å². The SMILES string of the molecule is CO/C=C(\C(=O)OC)c1cnc(C(F)(F)F)nc1CO.[Y]. The Labute approximate surface area is 143 Å². The Bertz CT molecular complexity index is 535. The molecule has 6 nitrogen and oxygen atoms in total. The van der Waals surface area contributed by atoms with Gasteiger partial charge in [0.2, 0.25) is 5.82 Å². The number of alkyl halides is 3. The molecule has 1 rings (SSSR count). The van der Waals surface area contributed by atoms with Crippen molar-refractivity contribution in [2.75, 3.05) is 14.2 Å². The molecule has 0 aliphatic rings. The molecule has 0 bridgehead atoms. The van der Waals surface area contributed by atoms with Crippen molar-refractivity contribution < 1.29 is 65.3 Å². The Morgan fingerprint density at radius 1 is 1.43 bits per heavy atom. The first kappa shape index (κ1) is 19.9. The maximum absolute atomic E-state index is 12.5. The number of carbonyl (C=O) groups excluding carboxylic acids is 1. The molecule has 1 aromatic rings. The molecule has 0 unspecified atom stereocenters. The van der Waals surface area contributed by atoms with E-state index in [1.807, 2.05) is 0 Å². The molecule has 0 saturated heterocycles. The molecule has 0 fully saturated rings. The average molecular weight is 381 g/mol.